The lowest BCUT2D eigenvalue weighted by Gasteiger charge is -2.32. The Labute approximate surface area is 180 Å². The number of nitrogens with one attached hydrogen (secondary N) is 2. The number of piperidine rings is 1. The Morgan fingerprint density at radius 3 is 2.57 bits per heavy atom. The summed E-state index contributed by atoms with van der Waals surface area (Å²) < 4.78 is 27.8. The number of aromatic nitrogens is 2. The summed E-state index contributed by atoms with van der Waals surface area (Å²) in [4.78, 5) is 26.7. The predicted molar refractivity (Wildman–Crippen MR) is 112 cm³/mol. The molecule has 1 aromatic carbocycles. The number of carbonyl (C=O) groups is 2. The number of nitrogens with zero attached hydrogens (tertiary/aromatic N) is 3. The first-order valence-corrected chi connectivity index (χ1v) is 11.4. The molecule has 1 aromatic heterocycles. The van der Waals surface area contributed by atoms with Gasteiger partial charge in [-0.3, -0.25) is 14.3 Å². The number of halogens is 1. The molecule has 1 fully saturated rings. The fraction of sp³-hybridized carbons (Fsp3) is 0.421. The topological polar surface area (TPSA) is 113 Å². The summed E-state index contributed by atoms with van der Waals surface area (Å²) in [5.41, 5.74) is 0.674. The Bertz CT molecular complexity index is 1040. The molecule has 30 heavy (non-hydrogen) atoms. The van der Waals surface area contributed by atoms with Crippen molar-refractivity contribution < 1.29 is 18.0 Å². The van der Waals surface area contributed by atoms with E-state index < -0.39 is 10.0 Å². The summed E-state index contributed by atoms with van der Waals surface area (Å²) in [5, 5.41) is 7.10. The third kappa shape index (κ3) is 5.00. The maximum Gasteiger partial charge on any atom is 0.255 e. The van der Waals surface area contributed by atoms with Crippen LogP contribution in [-0.2, 0) is 17.1 Å². The Kier molecular flexibility index (Phi) is 6.79. The highest BCUT2D eigenvalue weighted by molar-refractivity contribution is 7.89. The summed E-state index contributed by atoms with van der Waals surface area (Å²) in [6.45, 7) is 1.53. The maximum atomic E-state index is 12.9. The molecule has 0 aliphatic carbocycles. The van der Waals surface area contributed by atoms with Gasteiger partial charge in [-0.15, -0.1) is 0 Å². The van der Waals surface area contributed by atoms with Gasteiger partial charge in [-0.2, -0.15) is 5.10 Å². The molecule has 0 atom stereocenters. The lowest BCUT2D eigenvalue weighted by Crippen LogP contribution is -2.41. The Morgan fingerprint density at radius 1 is 1.27 bits per heavy atom. The standard InChI is InChI=1S/C19H24ClN5O4S/c1-21-30(28,29)15-3-4-17(20)16(9-15)19(27)25-7-5-13(6-8-25)10-22-18(26)14-11-23-24(2)12-14/h3-4,9,11-13,21H,5-8,10H2,1-2H3,(H,22,26). The van der Waals surface area contributed by atoms with Crippen LogP contribution in [0.3, 0.4) is 0 Å². The van der Waals surface area contributed by atoms with Gasteiger partial charge in [0.25, 0.3) is 11.8 Å². The fourth-order valence-electron chi connectivity index (χ4n) is 3.34. The van der Waals surface area contributed by atoms with E-state index in [4.69, 9.17) is 11.6 Å². The Hall–Kier alpha value is -2.43. The predicted octanol–water partition coefficient (Wildman–Crippen LogP) is 1.26. The molecule has 2 amide bonds. The summed E-state index contributed by atoms with van der Waals surface area (Å²) in [7, 11) is -0.614. The number of benzene rings is 1. The summed E-state index contributed by atoms with van der Waals surface area (Å²) >= 11 is 6.16. The second-order valence-electron chi connectivity index (χ2n) is 7.20. The number of hydrogen-bond acceptors (Lipinski definition) is 5. The summed E-state index contributed by atoms with van der Waals surface area (Å²) in [6.07, 6.45) is 4.63. The van der Waals surface area contributed by atoms with Gasteiger partial charge < -0.3 is 10.2 Å². The molecule has 162 valence electrons. The number of hydrogen-bond donors (Lipinski definition) is 2. The van der Waals surface area contributed by atoms with Crippen molar-refractivity contribution in [1.82, 2.24) is 24.7 Å². The van der Waals surface area contributed by atoms with Gasteiger partial charge in [-0.25, -0.2) is 13.1 Å². The summed E-state index contributed by atoms with van der Waals surface area (Å²) in [6, 6.07) is 4.08. The molecule has 1 saturated heterocycles. The zero-order valence-electron chi connectivity index (χ0n) is 16.8. The molecule has 2 heterocycles. The largest absolute Gasteiger partial charge is 0.352 e. The number of rotatable bonds is 6. The quantitative estimate of drug-likeness (QED) is 0.683. The molecule has 0 bridgehead atoms. The SMILES string of the molecule is CNS(=O)(=O)c1ccc(Cl)c(C(=O)N2CCC(CNC(=O)c3cnn(C)c3)CC2)c1. The first-order chi connectivity index (χ1) is 14.2. The lowest BCUT2D eigenvalue weighted by molar-refractivity contribution is 0.0684. The number of carbonyl (C=O) groups excluding carboxylic acids is 2. The third-order valence-corrected chi connectivity index (χ3v) is 6.91. The maximum absolute atomic E-state index is 12.9. The van der Waals surface area contributed by atoms with Crippen LogP contribution < -0.4 is 10.0 Å². The van der Waals surface area contributed by atoms with E-state index >= 15 is 0 Å². The minimum absolute atomic E-state index is 0.00856. The average Bonchev–Trinajstić information content (AvgIpc) is 3.18. The zero-order chi connectivity index (χ0) is 21.9. The van der Waals surface area contributed by atoms with Crippen LogP contribution in [0.1, 0.15) is 33.6 Å². The molecular formula is C19H24ClN5O4S. The first-order valence-electron chi connectivity index (χ1n) is 9.50. The van der Waals surface area contributed by atoms with Crippen molar-refractivity contribution in [2.24, 2.45) is 13.0 Å². The molecule has 0 spiro atoms. The van der Waals surface area contributed by atoms with Crippen molar-refractivity contribution in [2.75, 3.05) is 26.7 Å². The number of aryl methyl sites for hydroxylation is 1. The van der Waals surface area contributed by atoms with Gasteiger partial charge in [-0.05, 0) is 44.0 Å². The first kappa shape index (κ1) is 22.3. The van der Waals surface area contributed by atoms with E-state index in [1.807, 2.05) is 0 Å². The van der Waals surface area contributed by atoms with Crippen LogP contribution in [0.15, 0.2) is 35.5 Å². The Morgan fingerprint density at radius 2 is 1.97 bits per heavy atom. The van der Waals surface area contributed by atoms with E-state index in [0.717, 1.165) is 12.8 Å². The second kappa shape index (κ2) is 9.15. The van der Waals surface area contributed by atoms with Crippen molar-refractivity contribution in [2.45, 2.75) is 17.7 Å². The highest BCUT2D eigenvalue weighted by atomic mass is 35.5. The fourth-order valence-corrected chi connectivity index (χ4v) is 4.30. The van der Waals surface area contributed by atoms with E-state index in [0.29, 0.717) is 25.2 Å². The van der Waals surface area contributed by atoms with Gasteiger partial charge in [0.2, 0.25) is 10.0 Å². The minimum atomic E-state index is -3.67. The second-order valence-corrected chi connectivity index (χ2v) is 9.49. The summed E-state index contributed by atoms with van der Waals surface area (Å²) in [5.74, 6) is -0.219. The third-order valence-electron chi connectivity index (χ3n) is 5.17. The van der Waals surface area contributed by atoms with Crippen LogP contribution in [0.2, 0.25) is 5.02 Å². The minimum Gasteiger partial charge on any atom is -0.352 e. The molecule has 0 saturated carbocycles. The zero-order valence-corrected chi connectivity index (χ0v) is 18.3. The van der Waals surface area contributed by atoms with E-state index in [1.165, 1.54) is 31.4 Å². The molecule has 2 N–H and O–H groups in total. The number of sulfonamides is 1. The molecule has 11 heteroatoms. The molecule has 0 unspecified atom stereocenters. The average molecular weight is 454 g/mol. The molecule has 1 aliphatic rings. The van der Waals surface area contributed by atoms with Crippen LogP contribution in [0, 0.1) is 5.92 Å². The van der Waals surface area contributed by atoms with E-state index in [1.54, 1.807) is 22.8 Å². The van der Waals surface area contributed by atoms with Crippen molar-refractivity contribution in [3.8, 4) is 0 Å². The van der Waals surface area contributed by atoms with Crippen LogP contribution in [0.4, 0.5) is 0 Å². The van der Waals surface area contributed by atoms with Gasteiger partial charge in [0.15, 0.2) is 0 Å². The Balaban J connectivity index is 1.58. The smallest absolute Gasteiger partial charge is 0.255 e. The number of amides is 2. The lowest BCUT2D eigenvalue weighted by atomic mass is 9.96. The van der Waals surface area contributed by atoms with Gasteiger partial charge in [0.1, 0.15) is 0 Å². The van der Waals surface area contributed by atoms with Gasteiger partial charge in [0, 0.05) is 32.9 Å². The van der Waals surface area contributed by atoms with Crippen LogP contribution >= 0.6 is 11.6 Å². The molecular weight excluding hydrogens is 430 g/mol. The molecule has 3 rings (SSSR count). The van der Waals surface area contributed by atoms with Gasteiger partial charge in [-0.1, -0.05) is 11.6 Å². The van der Waals surface area contributed by atoms with Crippen molar-refractivity contribution in [3.63, 3.8) is 0 Å². The molecule has 2 aromatic rings. The monoisotopic (exact) mass is 453 g/mol. The number of likely N-dealkylation sites (tertiary alicyclic amines) is 1. The highest BCUT2D eigenvalue weighted by Crippen LogP contribution is 2.25. The van der Waals surface area contributed by atoms with E-state index in [2.05, 4.69) is 15.1 Å². The van der Waals surface area contributed by atoms with Crippen LogP contribution in [0.5, 0.6) is 0 Å². The van der Waals surface area contributed by atoms with Crippen LogP contribution in [-0.4, -0.2) is 61.6 Å². The van der Waals surface area contributed by atoms with Crippen molar-refractivity contribution in [1.29, 1.82) is 0 Å². The normalized spacial score (nSPS) is 15.2. The van der Waals surface area contributed by atoms with E-state index in [9.17, 15) is 18.0 Å². The van der Waals surface area contributed by atoms with Crippen molar-refractivity contribution >= 4 is 33.4 Å². The van der Waals surface area contributed by atoms with Crippen LogP contribution in [0.25, 0.3) is 0 Å². The molecule has 0 radical (unpaired) electrons. The molecule has 9 nitrogen and oxygen atoms in total. The molecule has 1 aliphatic heterocycles. The van der Waals surface area contributed by atoms with Gasteiger partial charge >= 0.3 is 0 Å². The van der Waals surface area contributed by atoms with Crippen molar-refractivity contribution in [3.05, 3.63) is 46.7 Å². The van der Waals surface area contributed by atoms with E-state index in [-0.39, 0.29) is 33.2 Å². The van der Waals surface area contributed by atoms with Gasteiger partial charge in [0.05, 0.1) is 27.2 Å². The highest BCUT2D eigenvalue weighted by Gasteiger charge is 2.26.